The van der Waals surface area contributed by atoms with Crippen molar-refractivity contribution < 1.29 is 14.6 Å². The number of hydrogen-bond acceptors (Lipinski definition) is 4. The van der Waals surface area contributed by atoms with Gasteiger partial charge in [0.1, 0.15) is 11.9 Å². The van der Waals surface area contributed by atoms with Gasteiger partial charge in [0, 0.05) is 6.54 Å². The number of aliphatic hydroxyl groups is 1. The first-order chi connectivity index (χ1) is 8.43. The number of aryl methyl sites for hydroxylation is 2. The van der Waals surface area contributed by atoms with Crippen molar-refractivity contribution in [1.82, 2.24) is 5.32 Å². The fourth-order valence-corrected chi connectivity index (χ4v) is 2.06. The summed E-state index contributed by atoms with van der Waals surface area (Å²) in [7, 11) is 3.24. The Morgan fingerprint density at radius 1 is 1.39 bits per heavy atom. The first kappa shape index (κ1) is 14.7. The van der Waals surface area contributed by atoms with E-state index in [9.17, 15) is 9.90 Å². The molecule has 4 nitrogen and oxygen atoms in total. The maximum Gasteiger partial charge on any atom is 0.196 e. The van der Waals surface area contributed by atoms with Crippen LogP contribution >= 0.6 is 0 Å². The molecule has 0 aliphatic carbocycles. The molecule has 0 aliphatic rings. The molecule has 0 saturated carbocycles. The number of ether oxygens (including phenoxy) is 1. The summed E-state index contributed by atoms with van der Waals surface area (Å²) in [6, 6.07) is 1.94. The number of rotatable bonds is 5. The predicted molar refractivity (Wildman–Crippen MR) is 71.5 cm³/mol. The van der Waals surface area contributed by atoms with Crippen molar-refractivity contribution in [2.45, 2.75) is 26.9 Å². The zero-order valence-corrected chi connectivity index (χ0v) is 11.6. The Morgan fingerprint density at radius 2 is 2.00 bits per heavy atom. The number of hydrogen-bond donors (Lipinski definition) is 2. The van der Waals surface area contributed by atoms with Crippen LogP contribution in [0.3, 0.4) is 0 Å². The number of ketones is 1. The maximum absolute atomic E-state index is 12.2. The predicted octanol–water partition coefficient (Wildman–Crippen LogP) is 1.38. The summed E-state index contributed by atoms with van der Waals surface area (Å²) in [6.07, 6.45) is -1.05. The molecule has 1 aromatic rings. The molecule has 0 fully saturated rings. The normalized spacial score (nSPS) is 12.3. The first-order valence-electron chi connectivity index (χ1n) is 5.95. The van der Waals surface area contributed by atoms with E-state index in [1.807, 2.05) is 26.8 Å². The van der Waals surface area contributed by atoms with Gasteiger partial charge in [0.15, 0.2) is 5.78 Å². The highest BCUT2D eigenvalue weighted by Crippen LogP contribution is 2.30. The van der Waals surface area contributed by atoms with E-state index < -0.39 is 6.10 Å². The zero-order chi connectivity index (χ0) is 13.9. The van der Waals surface area contributed by atoms with Crippen LogP contribution in [0.5, 0.6) is 5.75 Å². The van der Waals surface area contributed by atoms with E-state index in [1.165, 1.54) is 0 Å². The number of aliphatic hydroxyl groups excluding tert-OH is 1. The molecule has 4 heteroatoms. The van der Waals surface area contributed by atoms with Gasteiger partial charge >= 0.3 is 0 Å². The van der Waals surface area contributed by atoms with Crippen molar-refractivity contribution >= 4 is 5.78 Å². The highest BCUT2D eigenvalue weighted by atomic mass is 16.5. The van der Waals surface area contributed by atoms with Crippen molar-refractivity contribution in [3.8, 4) is 5.75 Å². The van der Waals surface area contributed by atoms with Crippen LogP contribution in [0.2, 0.25) is 0 Å². The van der Waals surface area contributed by atoms with E-state index in [4.69, 9.17) is 4.74 Å². The summed E-state index contributed by atoms with van der Waals surface area (Å²) in [4.78, 5) is 12.2. The topological polar surface area (TPSA) is 58.6 Å². The molecule has 1 rings (SSSR count). The molecule has 0 saturated heterocycles. The van der Waals surface area contributed by atoms with Crippen LogP contribution in [0.4, 0.5) is 0 Å². The lowest BCUT2D eigenvalue weighted by atomic mass is 9.94. The van der Waals surface area contributed by atoms with Crippen LogP contribution in [-0.4, -0.2) is 37.7 Å². The lowest BCUT2D eigenvalue weighted by Gasteiger charge is -2.18. The number of methoxy groups -OCH3 is 1. The Balaban J connectivity index is 3.31. The molecule has 2 N–H and O–H groups in total. The highest BCUT2D eigenvalue weighted by Gasteiger charge is 2.24. The van der Waals surface area contributed by atoms with Crippen molar-refractivity contribution in [3.63, 3.8) is 0 Å². The molecule has 0 heterocycles. The van der Waals surface area contributed by atoms with Crippen LogP contribution < -0.4 is 10.1 Å². The summed E-state index contributed by atoms with van der Waals surface area (Å²) in [5.41, 5.74) is 3.31. The number of carbonyl (C=O) groups excluding carboxylic acids is 1. The van der Waals surface area contributed by atoms with E-state index in [0.29, 0.717) is 11.3 Å². The molecule has 1 atom stereocenters. The minimum absolute atomic E-state index is 0.231. The van der Waals surface area contributed by atoms with E-state index in [0.717, 1.165) is 16.7 Å². The lowest BCUT2D eigenvalue weighted by molar-refractivity contribution is 0.0746. The third kappa shape index (κ3) is 2.71. The number of Topliss-reactive ketones (excluding diaryl/α,β-unsaturated/α-hetero) is 1. The maximum atomic E-state index is 12.2. The van der Waals surface area contributed by atoms with Gasteiger partial charge in [0.25, 0.3) is 0 Å². The minimum atomic E-state index is -1.05. The van der Waals surface area contributed by atoms with Crippen LogP contribution in [0.15, 0.2) is 6.07 Å². The van der Waals surface area contributed by atoms with E-state index in [2.05, 4.69) is 5.32 Å². The van der Waals surface area contributed by atoms with Gasteiger partial charge in [0.2, 0.25) is 0 Å². The summed E-state index contributed by atoms with van der Waals surface area (Å²) in [6.45, 7) is 5.97. The van der Waals surface area contributed by atoms with Crippen LogP contribution in [0, 0.1) is 20.8 Å². The minimum Gasteiger partial charge on any atom is -0.496 e. The third-order valence-electron chi connectivity index (χ3n) is 3.14. The third-order valence-corrected chi connectivity index (χ3v) is 3.14. The second-order valence-electron chi connectivity index (χ2n) is 4.48. The fourth-order valence-electron chi connectivity index (χ4n) is 2.06. The van der Waals surface area contributed by atoms with Gasteiger partial charge in [-0.1, -0.05) is 6.07 Å². The van der Waals surface area contributed by atoms with Crippen molar-refractivity contribution in [2.24, 2.45) is 0 Å². The van der Waals surface area contributed by atoms with Gasteiger partial charge in [-0.3, -0.25) is 4.79 Å². The Kier molecular flexibility index (Phi) is 4.87. The number of benzene rings is 1. The van der Waals surface area contributed by atoms with E-state index in [1.54, 1.807) is 14.2 Å². The number of nitrogens with one attached hydrogen (secondary N) is 1. The van der Waals surface area contributed by atoms with Crippen LogP contribution in [0.25, 0.3) is 0 Å². The van der Waals surface area contributed by atoms with Gasteiger partial charge in [-0.25, -0.2) is 0 Å². The average molecular weight is 251 g/mol. The quantitative estimate of drug-likeness (QED) is 0.776. The molecule has 0 bridgehead atoms. The second kappa shape index (κ2) is 5.98. The highest BCUT2D eigenvalue weighted by molar-refractivity contribution is 6.03. The molecule has 1 aromatic carbocycles. The van der Waals surface area contributed by atoms with Crippen LogP contribution in [0.1, 0.15) is 27.0 Å². The Hall–Kier alpha value is -1.39. The SMILES string of the molecule is CNCC(O)C(=O)c1c(C)cc(C)c(C)c1OC. The van der Waals surface area contributed by atoms with Crippen molar-refractivity contribution in [3.05, 3.63) is 28.3 Å². The summed E-state index contributed by atoms with van der Waals surface area (Å²) < 4.78 is 5.33. The summed E-state index contributed by atoms with van der Waals surface area (Å²) in [5, 5.41) is 12.6. The van der Waals surface area contributed by atoms with Gasteiger partial charge in [-0.2, -0.15) is 0 Å². The van der Waals surface area contributed by atoms with Crippen LogP contribution in [-0.2, 0) is 0 Å². The van der Waals surface area contributed by atoms with Gasteiger partial charge in [-0.05, 0) is 44.5 Å². The molecule has 1 unspecified atom stereocenters. The smallest absolute Gasteiger partial charge is 0.196 e. The molecule has 0 radical (unpaired) electrons. The van der Waals surface area contributed by atoms with Gasteiger partial charge < -0.3 is 15.2 Å². The van der Waals surface area contributed by atoms with Gasteiger partial charge in [-0.15, -0.1) is 0 Å². The second-order valence-corrected chi connectivity index (χ2v) is 4.48. The molecular weight excluding hydrogens is 230 g/mol. The van der Waals surface area contributed by atoms with E-state index >= 15 is 0 Å². The molecule has 0 aromatic heterocycles. The molecule has 0 spiro atoms. The Bertz CT molecular complexity index is 455. The summed E-state index contributed by atoms with van der Waals surface area (Å²) >= 11 is 0. The monoisotopic (exact) mass is 251 g/mol. The van der Waals surface area contributed by atoms with Crippen molar-refractivity contribution in [1.29, 1.82) is 0 Å². The standard InChI is InChI=1S/C14H21NO3/c1-8-6-9(2)12(14(18-5)10(8)3)13(17)11(16)7-15-4/h6,11,15-16H,7H2,1-5H3. The lowest BCUT2D eigenvalue weighted by Crippen LogP contribution is -2.32. The fraction of sp³-hybridized carbons (Fsp3) is 0.500. The molecule has 18 heavy (non-hydrogen) atoms. The first-order valence-corrected chi connectivity index (χ1v) is 5.95. The van der Waals surface area contributed by atoms with Gasteiger partial charge in [0.05, 0.1) is 12.7 Å². The summed E-state index contributed by atoms with van der Waals surface area (Å²) in [5.74, 6) is 0.259. The Morgan fingerprint density at radius 3 is 2.50 bits per heavy atom. The van der Waals surface area contributed by atoms with Crippen molar-refractivity contribution in [2.75, 3.05) is 20.7 Å². The van der Waals surface area contributed by atoms with E-state index in [-0.39, 0.29) is 12.3 Å². The number of likely N-dealkylation sites (N-methyl/N-ethyl adjacent to an activating group) is 1. The largest absolute Gasteiger partial charge is 0.496 e. The Labute approximate surface area is 108 Å². The zero-order valence-electron chi connectivity index (χ0n) is 11.6. The molecule has 0 amide bonds. The molecule has 100 valence electrons. The molecule has 0 aliphatic heterocycles. The average Bonchev–Trinajstić information content (AvgIpc) is 2.32. The number of carbonyl (C=O) groups is 1. The molecular formula is C14H21NO3.